The molecule has 0 spiro atoms. The first kappa shape index (κ1) is 11.9. The van der Waals surface area contributed by atoms with Crippen molar-refractivity contribution in [3.8, 4) is 0 Å². The van der Waals surface area contributed by atoms with Gasteiger partial charge < -0.3 is 9.84 Å². The van der Waals surface area contributed by atoms with Gasteiger partial charge in [-0.15, -0.1) is 0 Å². The third-order valence-electron chi connectivity index (χ3n) is 3.21. The van der Waals surface area contributed by atoms with Crippen LogP contribution in [0.5, 0.6) is 0 Å². The third-order valence-corrected chi connectivity index (χ3v) is 3.21. The average molecular weight is 253 g/mol. The summed E-state index contributed by atoms with van der Waals surface area (Å²) < 4.78 is 5.54. The van der Waals surface area contributed by atoms with Crippen LogP contribution in [0, 0.1) is 0 Å². The summed E-state index contributed by atoms with van der Waals surface area (Å²) in [5, 5.41) is 10.2. The SMILES string of the molecule is O[C@@H](C1=N[C@H](c2ccccc2)CO1)c1ccccc1. The van der Waals surface area contributed by atoms with E-state index >= 15 is 0 Å². The second kappa shape index (κ2) is 5.24. The lowest BCUT2D eigenvalue weighted by molar-refractivity contribution is 0.199. The van der Waals surface area contributed by atoms with Gasteiger partial charge in [-0.25, -0.2) is 4.99 Å². The Morgan fingerprint density at radius 3 is 2.32 bits per heavy atom. The summed E-state index contributed by atoms with van der Waals surface area (Å²) in [6, 6.07) is 19.4. The minimum atomic E-state index is -0.782. The molecule has 2 aromatic carbocycles. The van der Waals surface area contributed by atoms with Crippen LogP contribution in [0.3, 0.4) is 0 Å². The maximum atomic E-state index is 10.2. The van der Waals surface area contributed by atoms with Crippen LogP contribution in [0.4, 0.5) is 0 Å². The molecule has 0 saturated heterocycles. The van der Waals surface area contributed by atoms with E-state index in [1.54, 1.807) is 0 Å². The van der Waals surface area contributed by atoms with E-state index in [0.717, 1.165) is 11.1 Å². The van der Waals surface area contributed by atoms with E-state index in [4.69, 9.17) is 4.74 Å². The molecule has 0 amide bonds. The van der Waals surface area contributed by atoms with Crippen molar-refractivity contribution in [2.24, 2.45) is 4.99 Å². The molecule has 0 fully saturated rings. The summed E-state index contributed by atoms with van der Waals surface area (Å²) in [5.74, 6) is 0.403. The lowest BCUT2D eigenvalue weighted by atomic mass is 10.1. The van der Waals surface area contributed by atoms with Gasteiger partial charge in [-0.05, 0) is 11.1 Å². The van der Waals surface area contributed by atoms with Gasteiger partial charge in [0.25, 0.3) is 0 Å². The molecule has 2 atom stereocenters. The number of ether oxygens (including phenoxy) is 1. The fourth-order valence-electron chi connectivity index (χ4n) is 2.17. The standard InChI is InChI=1S/C16H15NO2/c18-15(13-9-5-2-6-10-13)16-17-14(11-19-16)12-7-3-1-4-8-12/h1-10,14-15,18H,11H2/t14-,15+/m0/s1. The van der Waals surface area contributed by atoms with Gasteiger partial charge in [0.1, 0.15) is 12.6 Å². The number of aliphatic hydroxyl groups is 1. The highest BCUT2D eigenvalue weighted by atomic mass is 16.5. The van der Waals surface area contributed by atoms with E-state index < -0.39 is 6.10 Å². The average Bonchev–Trinajstić information content (AvgIpc) is 2.98. The van der Waals surface area contributed by atoms with Gasteiger partial charge in [-0.3, -0.25) is 0 Å². The number of nitrogens with zero attached hydrogens (tertiary/aromatic N) is 1. The zero-order valence-corrected chi connectivity index (χ0v) is 10.4. The summed E-state index contributed by atoms with van der Waals surface area (Å²) in [6.45, 7) is 0.489. The molecule has 1 aliphatic heterocycles. The number of rotatable bonds is 3. The molecular weight excluding hydrogens is 238 g/mol. The fraction of sp³-hybridized carbons (Fsp3) is 0.188. The minimum absolute atomic E-state index is 0.0189. The predicted octanol–water partition coefficient (Wildman–Crippen LogP) is 2.89. The highest BCUT2D eigenvalue weighted by Gasteiger charge is 2.26. The maximum Gasteiger partial charge on any atom is 0.218 e. The Kier molecular flexibility index (Phi) is 3.29. The van der Waals surface area contributed by atoms with Gasteiger partial charge in [-0.1, -0.05) is 60.7 Å². The summed E-state index contributed by atoms with van der Waals surface area (Å²) in [4.78, 5) is 4.48. The van der Waals surface area contributed by atoms with Crippen molar-refractivity contribution in [2.45, 2.75) is 12.1 Å². The Balaban J connectivity index is 1.80. The van der Waals surface area contributed by atoms with Crippen LogP contribution in [0.15, 0.2) is 65.7 Å². The number of hydrogen-bond donors (Lipinski definition) is 1. The van der Waals surface area contributed by atoms with E-state index in [0.29, 0.717) is 12.5 Å². The topological polar surface area (TPSA) is 41.8 Å². The van der Waals surface area contributed by atoms with Crippen molar-refractivity contribution in [3.05, 3.63) is 71.8 Å². The summed E-state index contributed by atoms with van der Waals surface area (Å²) in [7, 11) is 0. The number of benzene rings is 2. The van der Waals surface area contributed by atoms with Crippen molar-refractivity contribution >= 4 is 5.90 Å². The van der Waals surface area contributed by atoms with Gasteiger partial charge in [0, 0.05) is 0 Å². The van der Waals surface area contributed by atoms with Crippen LogP contribution < -0.4 is 0 Å². The molecule has 0 aromatic heterocycles. The molecule has 0 radical (unpaired) electrons. The van der Waals surface area contributed by atoms with Crippen molar-refractivity contribution in [1.29, 1.82) is 0 Å². The minimum Gasteiger partial charge on any atom is -0.476 e. The Labute approximate surface area is 112 Å². The number of hydrogen-bond acceptors (Lipinski definition) is 3. The van der Waals surface area contributed by atoms with Crippen molar-refractivity contribution in [3.63, 3.8) is 0 Å². The molecule has 96 valence electrons. The third kappa shape index (κ3) is 2.51. The van der Waals surface area contributed by atoms with Gasteiger partial charge >= 0.3 is 0 Å². The van der Waals surface area contributed by atoms with Gasteiger partial charge in [0.2, 0.25) is 5.90 Å². The van der Waals surface area contributed by atoms with Crippen LogP contribution in [0.25, 0.3) is 0 Å². The fourth-order valence-corrected chi connectivity index (χ4v) is 2.17. The molecule has 0 aliphatic carbocycles. The molecule has 0 saturated carbocycles. The zero-order valence-electron chi connectivity index (χ0n) is 10.4. The monoisotopic (exact) mass is 253 g/mol. The summed E-state index contributed by atoms with van der Waals surface area (Å²) >= 11 is 0. The Hall–Kier alpha value is -2.13. The Morgan fingerprint density at radius 2 is 1.63 bits per heavy atom. The van der Waals surface area contributed by atoms with Crippen LogP contribution >= 0.6 is 0 Å². The van der Waals surface area contributed by atoms with E-state index in [1.807, 2.05) is 60.7 Å². The highest BCUT2D eigenvalue weighted by molar-refractivity contribution is 5.83. The van der Waals surface area contributed by atoms with Crippen LogP contribution in [0.2, 0.25) is 0 Å². The Bertz CT molecular complexity index is 566. The first-order valence-corrected chi connectivity index (χ1v) is 6.33. The normalized spacial score (nSPS) is 19.6. The van der Waals surface area contributed by atoms with Crippen LogP contribution in [-0.4, -0.2) is 17.6 Å². The number of aliphatic hydroxyl groups excluding tert-OH is 1. The van der Waals surface area contributed by atoms with Crippen LogP contribution in [0.1, 0.15) is 23.3 Å². The van der Waals surface area contributed by atoms with Crippen LogP contribution in [-0.2, 0) is 4.74 Å². The van der Waals surface area contributed by atoms with Crippen molar-refractivity contribution in [2.75, 3.05) is 6.61 Å². The Morgan fingerprint density at radius 1 is 1.00 bits per heavy atom. The summed E-state index contributed by atoms with van der Waals surface area (Å²) in [5.41, 5.74) is 1.91. The molecular formula is C16H15NO2. The molecule has 19 heavy (non-hydrogen) atoms. The van der Waals surface area contributed by atoms with Gasteiger partial charge in [0.15, 0.2) is 6.10 Å². The predicted molar refractivity (Wildman–Crippen MR) is 74.0 cm³/mol. The lowest BCUT2D eigenvalue weighted by Gasteiger charge is -2.09. The molecule has 2 aromatic rings. The first-order valence-electron chi connectivity index (χ1n) is 6.33. The van der Waals surface area contributed by atoms with E-state index in [9.17, 15) is 5.11 Å². The van der Waals surface area contributed by atoms with Gasteiger partial charge in [-0.2, -0.15) is 0 Å². The molecule has 3 nitrogen and oxygen atoms in total. The molecule has 3 rings (SSSR count). The van der Waals surface area contributed by atoms with E-state index in [-0.39, 0.29) is 6.04 Å². The van der Waals surface area contributed by atoms with Crippen molar-refractivity contribution < 1.29 is 9.84 Å². The molecule has 1 N–H and O–H groups in total. The van der Waals surface area contributed by atoms with E-state index in [1.165, 1.54) is 0 Å². The molecule has 0 bridgehead atoms. The maximum absolute atomic E-state index is 10.2. The zero-order chi connectivity index (χ0) is 13.1. The van der Waals surface area contributed by atoms with Gasteiger partial charge in [0.05, 0.1) is 0 Å². The smallest absolute Gasteiger partial charge is 0.218 e. The lowest BCUT2D eigenvalue weighted by Crippen LogP contribution is -2.11. The molecule has 1 aliphatic rings. The quantitative estimate of drug-likeness (QED) is 0.913. The molecule has 0 unspecified atom stereocenters. The van der Waals surface area contributed by atoms with Crippen molar-refractivity contribution in [1.82, 2.24) is 0 Å². The largest absolute Gasteiger partial charge is 0.476 e. The second-order valence-electron chi connectivity index (χ2n) is 4.52. The molecule has 3 heteroatoms. The second-order valence-corrected chi connectivity index (χ2v) is 4.52. The molecule has 1 heterocycles. The van der Waals surface area contributed by atoms with E-state index in [2.05, 4.69) is 4.99 Å². The highest BCUT2D eigenvalue weighted by Crippen LogP contribution is 2.27. The summed E-state index contributed by atoms with van der Waals surface area (Å²) in [6.07, 6.45) is -0.782. The number of aliphatic imine (C=N–C) groups is 1. The first-order chi connectivity index (χ1) is 9.34.